The van der Waals surface area contributed by atoms with Gasteiger partial charge in [-0.3, -0.25) is 4.98 Å². The molecule has 2 heterocycles. The summed E-state index contributed by atoms with van der Waals surface area (Å²) in [6, 6.07) is 20.7. The predicted molar refractivity (Wildman–Crippen MR) is 84.8 cm³/mol. The highest BCUT2D eigenvalue weighted by molar-refractivity contribution is 6.14. The van der Waals surface area contributed by atoms with Crippen LogP contribution in [0.25, 0.3) is 32.8 Å². The van der Waals surface area contributed by atoms with Crippen molar-refractivity contribution in [3.63, 3.8) is 0 Å². The minimum atomic E-state index is 0.894. The largest absolute Gasteiger partial charge is 0.456 e. The number of aromatic nitrogens is 1. The fraction of sp³-hybridized carbons (Fsp3) is 0. The van der Waals surface area contributed by atoms with Crippen LogP contribution in [-0.2, 0) is 0 Å². The zero-order chi connectivity index (χ0) is 13.8. The predicted octanol–water partition coefficient (Wildman–Crippen LogP) is 5.16. The van der Waals surface area contributed by atoms with E-state index in [0.717, 1.165) is 33.4 Å². The maximum atomic E-state index is 6.12. The van der Waals surface area contributed by atoms with E-state index in [4.69, 9.17) is 4.74 Å². The van der Waals surface area contributed by atoms with Crippen LogP contribution in [0.15, 0.2) is 66.9 Å². The highest BCUT2D eigenvalue weighted by Crippen LogP contribution is 2.47. The SMILES string of the molecule is c1ccc2c(c1)Oc1cc3ccccc3c3nccc-2c13. The van der Waals surface area contributed by atoms with E-state index in [1.54, 1.807) is 0 Å². The van der Waals surface area contributed by atoms with Gasteiger partial charge in [-0.2, -0.15) is 0 Å². The lowest BCUT2D eigenvalue weighted by Crippen LogP contribution is -1.98. The molecule has 2 nitrogen and oxygen atoms in total. The molecule has 3 aromatic carbocycles. The van der Waals surface area contributed by atoms with Gasteiger partial charge in [0.25, 0.3) is 0 Å². The summed E-state index contributed by atoms with van der Waals surface area (Å²) in [5, 5.41) is 3.43. The molecule has 1 aliphatic rings. The Morgan fingerprint density at radius 1 is 0.762 bits per heavy atom. The molecule has 0 aliphatic carbocycles. The zero-order valence-electron chi connectivity index (χ0n) is 11.2. The molecule has 0 fully saturated rings. The van der Waals surface area contributed by atoms with Crippen LogP contribution in [0.4, 0.5) is 0 Å². The van der Waals surface area contributed by atoms with E-state index >= 15 is 0 Å². The Morgan fingerprint density at radius 2 is 1.62 bits per heavy atom. The summed E-state index contributed by atoms with van der Waals surface area (Å²) in [5.41, 5.74) is 3.34. The fourth-order valence-electron chi connectivity index (χ4n) is 3.17. The monoisotopic (exact) mass is 269 g/mol. The second kappa shape index (κ2) is 3.83. The quantitative estimate of drug-likeness (QED) is 0.362. The van der Waals surface area contributed by atoms with E-state index in [1.165, 1.54) is 10.9 Å². The summed E-state index contributed by atoms with van der Waals surface area (Å²) in [4.78, 5) is 4.61. The number of para-hydroxylation sites is 1. The van der Waals surface area contributed by atoms with E-state index in [1.807, 2.05) is 30.5 Å². The average Bonchev–Trinajstić information content (AvgIpc) is 2.55. The molecule has 4 aromatic rings. The van der Waals surface area contributed by atoms with E-state index in [9.17, 15) is 0 Å². The maximum absolute atomic E-state index is 6.12. The summed E-state index contributed by atoms with van der Waals surface area (Å²) in [7, 11) is 0. The Hall–Kier alpha value is -2.87. The van der Waals surface area contributed by atoms with Gasteiger partial charge in [0, 0.05) is 22.7 Å². The highest BCUT2D eigenvalue weighted by Gasteiger charge is 2.21. The van der Waals surface area contributed by atoms with Crippen LogP contribution >= 0.6 is 0 Å². The van der Waals surface area contributed by atoms with Crippen LogP contribution in [0.2, 0.25) is 0 Å². The van der Waals surface area contributed by atoms with Gasteiger partial charge >= 0.3 is 0 Å². The Kier molecular flexibility index (Phi) is 1.98. The molecular weight excluding hydrogens is 258 g/mol. The van der Waals surface area contributed by atoms with Gasteiger partial charge in [-0.1, -0.05) is 42.5 Å². The molecule has 0 N–H and O–H groups in total. The van der Waals surface area contributed by atoms with Crippen molar-refractivity contribution < 1.29 is 4.74 Å². The minimum absolute atomic E-state index is 0.894. The van der Waals surface area contributed by atoms with Crippen molar-refractivity contribution in [2.75, 3.05) is 0 Å². The first-order valence-corrected chi connectivity index (χ1v) is 6.99. The summed E-state index contributed by atoms with van der Waals surface area (Å²) in [5.74, 6) is 1.80. The molecule has 5 rings (SSSR count). The van der Waals surface area contributed by atoms with Crippen molar-refractivity contribution >= 4 is 21.7 Å². The Balaban J connectivity index is 2.04. The Bertz CT molecular complexity index is 1020. The van der Waals surface area contributed by atoms with Gasteiger partial charge < -0.3 is 4.74 Å². The molecule has 0 amide bonds. The number of nitrogens with zero attached hydrogens (tertiary/aromatic N) is 1. The summed E-state index contributed by atoms with van der Waals surface area (Å²) < 4.78 is 6.12. The molecule has 0 unspecified atom stereocenters. The van der Waals surface area contributed by atoms with Crippen molar-refractivity contribution in [1.82, 2.24) is 4.98 Å². The average molecular weight is 269 g/mol. The maximum Gasteiger partial charge on any atom is 0.138 e. The fourth-order valence-corrected chi connectivity index (χ4v) is 3.17. The van der Waals surface area contributed by atoms with Gasteiger partial charge in [-0.15, -0.1) is 0 Å². The molecule has 0 saturated heterocycles. The number of fused-ring (bicyclic) bond motifs is 4. The number of hydrogen-bond acceptors (Lipinski definition) is 2. The van der Waals surface area contributed by atoms with Crippen LogP contribution < -0.4 is 4.74 Å². The van der Waals surface area contributed by atoms with Crippen LogP contribution in [0.3, 0.4) is 0 Å². The summed E-state index contributed by atoms with van der Waals surface area (Å²) >= 11 is 0. The van der Waals surface area contributed by atoms with Gasteiger partial charge in [0.1, 0.15) is 11.5 Å². The van der Waals surface area contributed by atoms with Gasteiger partial charge in [-0.05, 0) is 23.6 Å². The number of hydrogen-bond donors (Lipinski definition) is 0. The lowest BCUT2D eigenvalue weighted by molar-refractivity contribution is 0.487. The molecule has 0 saturated carbocycles. The molecule has 0 radical (unpaired) electrons. The third kappa shape index (κ3) is 1.39. The highest BCUT2D eigenvalue weighted by atomic mass is 16.5. The van der Waals surface area contributed by atoms with Crippen molar-refractivity contribution in [3.8, 4) is 22.6 Å². The third-order valence-electron chi connectivity index (χ3n) is 4.10. The molecular formula is C19H11NO. The van der Waals surface area contributed by atoms with Crippen molar-refractivity contribution in [1.29, 1.82) is 0 Å². The van der Waals surface area contributed by atoms with E-state index in [0.29, 0.717) is 0 Å². The van der Waals surface area contributed by atoms with Crippen LogP contribution in [0.5, 0.6) is 11.5 Å². The third-order valence-corrected chi connectivity index (χ3v) is 4.10. The second-order valence-electron chi connectivity index (χ2n) is 5.28. The lowest BCUT2D eigenvalue weighted by atomic mass is 9.95. The number of benzene rings is 3. The second-order valence-corrected chi connectivity index (χ2v) is 5.28. The number of rotatable bonds is 0. The smallest absolute Gasteiger partial charge is 0.138 e. The number of pyridine rings is 1. The van der Waals surface area contributed by atoms with Crippen LogP contribution in [-0.4, -0.2) is 4.98 Å². The summed E-state index contributed by atoms with van der Waals surface area (Å²) in [6.45, 7) is 0. The van der Waals surface area contributed by atoms with Crippen LogP contribution in [0.1, 0.15) is 0 Å². The molecule has 98 valence electrons. The van der Waals surface area contributed by atoms with Crippen LogP contribution in [0, 0.1) is 0 Å². The molecule has 0 bridgehead atoms. The minimum Gasteiger partial charge on any atom is -0.456 e. The standard InChI is InChI=1S/C19H11NO/c1-2-6-13-12(5-1)11-17-18-15(9-10-20-19(13)18)14-7-3-4-8-16(14)21-17/h1-11H. The first-order chi connectivity index (χ1) is 10.4. The zero-order valence-corrected chi connectivity index (χ0v) is 11.2. The topological polar surface area (TPSA) is 22.1 Å². The summed E-state index contributed by atoms with van der Waals surface area (Å²) in [6.07, 6.45) is 1.88. The molecule has 1 aromatic heterocycles. The van der Waals surface area contributed by atoms with Crippen molar-refractivity contribution in [3.05, 3.63) is 66.9 Å². The molecule has 1 aliphatic heterocycles. The Labute approximate surface area is 121 Å². The molecule has 21 heavy (non-hydrogen) atoms. The van der Waals surface area contributed by atoms with E-state index in [2.05, 4.69) is 41.4 Å². The van der Waals surface area contributed by atoms with E-state index < -0.39 is 0 Å². The van der Waals surface area contributed by atoms with Crippen molar-refractivity contribution in [2.24, 2.45) is 0 Å². The van der Waals surface area contributed by atoms with Gasteiger partial charge in [0.2, 0.25) is 0 Å². The lowest BCUT2D eigenvalue weighted by Gasteiger charge is -2.21. The van der Waals surface area contributed by atoms with E-state index in [-0.39, 0.29) is 0 Å². The Morgan fingerprint density at radius 3 is 2.62 bits per heavy atom. The van der Waals surface area contributed by atoms with Gasteiger partial charge in [-0.25, -0.2) is 0 Å². The van der Waals surface area contributed by atoms with Gasteiger partial charge in [0.15, 0.2) is 0 Å². The molecule has 0 atom stereocenters. The molecule has 0 spiro atoms. The first kappa shape index (κ1) is 10.9. The first-order valence-electron chi connectivity index (χ1n) is 6.99. The van der Waals surface area contributed by atoms with Crippen molar-refractivity contribution in [2.45, 2.75) is 0 Å². The normalized spacial score (nSPS) is 12.2. The van der Waals surface area contributed by atoms with Gasteiger partial charge in [0.05, 0.1) is 10.9 Å². The molecule has 2 heteroatoms. The number of ether oxygens (including phenoxy) is 1.